The van der Waals surface area contributed by atoms with Crippen LogP contribution in [0.15, 0.2) is 10.9 Å². The fourth-order valence-electron chi connectivity index (χ4n) is 2.04. The lowest BCUT2D eigenvalue weighted by molar-refractivity contribution is 0.0936. The van der Waals surface area contributed by atoms with Crippen LogP contribution >= 0.6 is 22.6 Å². The van der Waals surface area contributed by atoms with Gasteiger partial charge in [-0.25, -0.2) is 0 Å². The Labute approximate surface area is 133 Å². The monoisotopic (exact) mass is 390 g/mol. The van der Waals surface area contributed by atoms with Crippen LogP contribution in [0.1, 0.15) is 62.5 Å². The van der Waals surface area contributed by atoms with Crippen LogP contribution in [-0.2, 0) is 6.42 Å². The predicted octanol–water partition coefficient (Wildman–Crippen LogP) is 3.24. The molecule has 1 rings (SSSR count). The van der Waals surface area contributed by atoms with E-state index in [1.165, 1.54) is 6.42 Å². The summed E-state index contributed by atoms with van der Waals surface area (Å²) in [5.74, 6) is -0.282. The van der Waals surface area contributed by atoms with E-state index in [0.717, 1.165) is 34.9 Å². The average molecular weight is 390 g/mol. The second kappa shape index (κ2) is 8.44. The van der Waals surface area contributed by atoms with E-state index in [1.807, 2.05) is 13.8 Å². The van der Waals surface area contributed by atoms with E-state index in [0.29, 0.717) is 0 Å². The van der Waals surface area contributed by atoms with Crippen LogP contribution in [0.3, 0.4) is 0 Å². The largest absolute Gasteiger partial charge is 0.349 e. The minimum atomic E-state index is -0.305. The molecule has 0 aromatic carbocycles. The zero-order valence-corrected chi connectivity index (χ0v) is 14.5. The Balaban J connectivity index is 2.73. The maximum absolute atomic E-state index is 12.1. The van der Waals surface area contributed by atoms with E-state index in [4.69, 9.17) is 0 Å². The molecule has 112 valence electrons. The average Bonchev–Trinajstić information content (AvgIpc) is 2.41. The Hall–Kier alpha value is -0.850. The zero-order valence-electron chi connectivity index (χ0n) is 12.4. The molecule has 0 saturated carbocycles. The number of nitrogens with one attached hydrogen (secondary N) is 2. The molecule has 5 heteroatoms. The molecular weight excluding hydrogens is 367 g/mol. The quantitative estimate of drug-likeness (QED) is 0.555. The van der Waals surface area contributed by atoms with Gasteiger partial charge in [0.05, 0.1) is 0 Å². The summed E-state index contributed by atoms with van der Waals surface area (Å²) in [6.07, 6.45) is 5.13. The number of H-pyrrole nitrogens is 1. The van der Waals surface area contributed by atoms with E-state index in [-0.39, 0.29) is 23.1 Å². The van der Waals surface area contributed by atoms with Gasteiger partial charge in [-0.05, 0) is 48.4 Å². The number of halogens is 1. The third-order valence-electron chi connectivity index (χ3n) is 3.28. The van der Waals surface area contributed by atoms with Crippen LogP contribution in [0.25, 0.3) is 0 Å². The Morgan fingerprint density at radius 3 is 2.70 bits per heavy atom. The summed E-state index contributed by atoms with van der Waals surface area (Å²) in [4.78, 5) is 26.8. The molecule has 4 nitrogen and oxygen atoms in total. The summed E-state index contributed by atoms with van der Waals surface area (Å²) in [6, 6.07) is 1.77. The highest BCUT2D eigenvalue weighted by atomic mass is 127. The lowest BCUT2D eigenvalue weighted by atomic mass is 10.1. The standard InChI is InChI=1S/C15H23IN2O2/c1-4-6-7-8-10(3)17-14(19)11-9-12(16)13(5-2)18-15(11)20/h9-10H,4-8H2,1-3H3,(H,17,19)(H,18,20)/t10-/m0/s1. The second-order valence-electron chi connectivity index (χ2n) is 5.06. The van der Waals surface area contributed by atoms with E-state index in [9.17, 15) is 9.59 Å². The molecular formula is C15H23IN2O2. The summed E-state index contributed by atoms with van der Waals surface area (Å²) in [7, 11) is 0. The maximum atomic E-state index is 12.1. The van der Waals surface area contributed by atoms with Gasteiger partial charge in [0.25, 0.3) is 11.5 Å². The first-order chi connectivity index (χ1) is 9.49. The van der Waals surface area contributed by atoms with Gasteiger partial charge in [0.2, 0.25) is 0 Å². The van der Waals surface area contributed by atoms with Crippen LogP contribution in [0, 0.1) is 3.57 Å². The number of pyridine rings is 1. The first kappa shape index (κ1) is 17.2. The highest BCUT2D eigenvalue weighted by Gasteiger charge is 2.15. The van der Waals surface area contributed by atoms with E-state index < -0.39 is 0 Å². The van der Waals surface area contributed by atoms with Gasteiger partial charge >= 0.3 is 0 Å². The Kier molecular flexibility index (Phi) is 7.26. The Morgan fingerprint density at radius 2 is 2.10 bits per heavy atom. The molecule has 1 atom stereocenters. The number of carbonyl (C=O) groups is 1. The van der Waals surface area contributed by atoms with Gasteiger partial charge in [-0.1, -0.05) is 33.1 Å². The Morgan fingerprint density at radius 1 is 1.40 bits per heavy atom. The minimum Gasteiger partial charge on any atom is -0.349 e. The number of aryl methyl sites for hydroxylation is 1. The van der Waals surface area contributed by atoms with Gasteiger partial charge in [-0.2, -0.15) is 0 Å². The van der Waals surface area contributed by atoms with Crippen LogP contribution < -0.4 is 10.9 Å². The zero-order chi connectivity index (χ0) is 15.1. The van der Waals surface area contributed by atoms with Gasteiger partial charge in [0.15, 0.2) is 0 Å². The maximum Gasteiger partial charge on any atom is 0.261 e. The molecule has 20 heavy (non-hydrogen) atoms. The predicted molar refractivity (Wildman–Crippen MR) is 90.2 cm³/mol. The fraction of sp³-hybridized carbons (Fsp3) is 0.600. The summed E-state index contributed by atoms with van der Waals surface area (Å²) in [6.45, 7) is 6.11. The number of unbranched alkanes of at least 4 members (excludes halogenated alkanes) is 2. The van der Waals surface area contributed by atoms with E-state index >= 15 is 0 Å². The van der Waals surface area contributed by atoms with Crippen molar-refractivity contribution < 1.29 is 4.79 Å². The van der Waals surface area contributed by atoms with Gasteiger partial charge < -0.3 is 10.3 Å². The van der Waals surface area contributed by atoms with Crippen LogP contribution in [0.4, 0.5) is 0 Å². The van der Waals surface area contributed by atoms with Crippen molar-refractivity contribution in [3.05, 3.63) is 31.2 Å². The molecule has 0 aliphatic rings. The Bertz CT molecular complexity index is 511. The molecule has 0 spiro atoms. The first-order valence-corrected chi connectivity index (χ1v) is 8.30. The lowest BCUT2D eigenvalue weighted by Gasteiger charge is -2.13. The summed E-state index contributed by atoms with van der Waals surface area (Å²) in [5, 5.41) is 2.90. The number of hydrogen-bond acceptors (Lipinski definition) is 2. The fourth-order valence-corrected chi connectivity index (χ4v) is 2.87. The number of amides is 1. The van der Waals surface area contributed by atoms with Crippen molar-refractivity contribution in [1.29, 1.82) is 0 Å². The third-order valence-corrected chi connectivity index (χ3v) is 4.25. The molecule has 0 radical (unpaired) electrons. The van der Waals surface area contributed by atoms with Gasteiger partial charge in [-0.15, -0.1) is 0 Å². The molecule has 2 N–H and O–H groups in total. The molecule has 1 amide bonds. The second-order valence-corrected chi connectivity index (χ2v) is 6.22. The molecule has 0 bridgehead atoms. The number of carbonyl (C=O) groups excluding carboxylic acids is 1. The van der Waals surface area contributed by atoms with Crippen molar-refractivity contribution in [3.8, 4) is 0 Å². The van der Waals surface area contributed by atoms with Crippen LogP contribution in [0.5, 0.6) is 0 Å². The van der Waals surface area contributed by atoms with Crippen LogP contribution in [0.2, 0.25) is 0 Å². The normalized spacial score (nSPS) is 12.2. The van der Waals surface area contributed by atoms with Crippen molar-refractivity contribution >= 4 is 28.5 Å². The third kappa shape index (κ3) is 4.92. The number of aromatic amines is 1. The molecule has 1 aromatic rings. The molecule has 1 aromatic heterocycles. The van der Waals surface area contributed by atoms with E-state index in [1.54, 1.807) is 6.07 Å². The summed E-state index contributed by atoms with van der Waals surface area (Å²) < 4.78 is 0.925. The summed E-state index contributed by atoms with van der Waals surface area (Å²) >= 11 is 2.15. The SMILES string of the molecule is CCCCC[C@H](C)NC(=O)c1cc(I)c(CC)[nH]c1=O. The molecule has 0 saturated heterocycles. The smallest absolute Gasteiger partial charge is 0.261 e. The topological polar surface area (TPSA) is 62.0 Å². The van der Waals surface area contributed by atoms with Gasteiger partial charge in [-0.3, -0.25) is 9.59 Å². The van der Waals surface area contributed by atoms with Crippen molar-refractivity contribution in [1.82, 2.24) is 10.3 Å². The molecule has 0 fully saturated rings. The number of aromatic nitrogens is 1. The molecule has 0 aliphatic carbocycles. The lowest BCUT2D eigenvalue weighted by Crippen LogP contribution is -2.36. The van der Waals surface area contributed by atoms with Crippen molar-refractivity contribution in [3.63, 3.8) is 0 Å². The van der Waals surface area contributed by atoms with Gasteiger partial charge in [0, 0.05) is 15.3 Å². The van der Waals surface area contributed by atoms with E-state index in [2.05, 4.69) is 39.8 Å². The minimum absolute atomic E-state index is 0.0944. The van der Waals surface area contributed by atoms with Crippen molar-refractivity contribution in [2.45, 2.75) is 58.9 Å². The number of hydrogen-bond donors (Lipinski definition) is 2. The van der Waals surface area contributed by atoms with Gasteiger partial charge in [0.1, 0.15) is 5.56 Å². The summed E-state index contributed by atoms with van der Waals surface area (Å²) in [5.41, 5.74) is 0.776. The highest BCUT2D eigenvalue weighted by Crippen LogP contribution is 2.10. The first-order valence-electron chi connectivity index (χ1n) is 7.22. The number of rotatable bonds is 7. The molecule has 0 aliphatic heterocycles. The molecule has 1 heterocycles. The van der Waals surface area contributed by atoms with Crippen LogP contribution in [-0.4, -0.2) is 16.9 Å². The van der Waals surface area contributed by atoms with Crippen molar-refractivity contribution in [2.24, 2.45) is 0 Å². The molecule has 0 unspecified atom stereocenters. The highest BCUT2D eigenvalue weighted by molar-refractivity contribution is 14.1. The van der Waals surface area contributed by atoms with Crippen molar-refractivity contribution in [2.75, 3.05) is 0 Å².